The first kappa shape index (κ1) is 13.1. The van der Waals surface area contributed by atoms with E-state index in [4.69, 9.17) is 0 Å². The van der Waals surface area contributed by atoms with Gasteiger partial charge in [0.05, 0.1) is 0 Å². The molecular weight excluding hydrogens is 224 g/mol. The molecule has 0 aromatic carbocycles. The summed E-state index contributed by atoms with van der Waals surface area (Å²) in [6.45, 7) is 10.6. The molecule has 0 aliphatic carbocycles. The minimum Gasteiger partial charge on any atom is -0.356 e. The molecule has 100 valence electrons. The summed E-state index contributed by atoms with van der Waals surface area (Å²) in [5.41, 5.74) is 1.02. The van der Waals surface area contributed by atoms with Crippen molar-refractivity contribution in [1.29, 1.82) is 0 Å². The van der Waals surface area contributed by atoms with Gasteiger partial charge in [-0.05, 0) is 47.0 Å². The number of piperidine rings is 1. The van der Waals surface area contributed by atoms with Gasteiger partial charge in [-0.15, -0.1) is 0 Å². The molecule has 1 aromatic rings. The van der Waals surface area contributed by atoms with E-state index in [2.05, 4.69) is 47.0 Å². The number of nitrogens with one attached hydrogen (secondary N) is 1. The molecule has 1 N–H and O–H groups in total. The molecule has 1 aliphatic rings. The summed E-state index contributed by atoms with van der Waals surface area (Å²) in [5, 5.41) is 3.35. The highest BCUT2D eigenvalue weighted by molar-refractivity contribution is 5.45. The second kappa shape index (κ2) is 5.12. The van der Waals surface area contributed by atoms with E-state index in [0.29, 0.717) is 0 Å². The Balaban J connectivity index is 2.20. The second-order valence-electron chi connectivity index (χ2n) is 6.11. The lowest BCUT2D eigenvalue weighted by molar-refractivity contribution is 0.572. The number of rotatable bonds is 2. The van der Waals surface area contributed by atoms with Crippen LogP contribution >= 0.6 is 0 Å². The Morgan fingerprint density at radius 1 is 1.11 bits per heavy atom. The quantitative estimate of drug-likeness (QED) is 0.873. The van der Waals surface area contributed by atoms with E-state index in [1.54, 1.807) is 0 Å². The van der Waals surface area contributed by atoms with Crippen molar-refractivity contribution in [3.63, 3.8) is 0 Å². The topological polar surface area (TPSA) is 41.1 Å². The van der Waals surface area contributed by atoms with E-state index in [1.165, 1.54) is 19.3 Å². The van der Waals surface area contributed by atoms with Crippen LogP contribution in [0, 0.1) is 6.92 Å². The molecule has 0 unspecified atom stereocenters. The Bertz CT molecular complexity index is 403. The summed E-state index contributed by atoms with van der Waals surface area (Å²) < 4.78 is 0. The van der Waals surface area contributed by atoms with E-state index < -0.39 is 0 Å². The largest absolute Gasteiger partial charge is 0.356 e. The zero-order chi connectivity index (χ0) is 13.2. The molecule has 2 rings (SSSR count). The minimum atomic E-state index is -0.00698. The Kier molecular flexibility index (Phi) is 3.73. The molecule has 4 nitrogen and oxygen atoms in total. The Labute approximate surface area is 110 Å². The average Bonchev–Trinajstić information content (AvgIpc) is 2.27. The van der Waals surface area contributed by atoms with Crippen molar-refractivity contribution >= 4 is 11.8 Å². The third-order valence-corrected chi connectivity index (χ3v) is 3.01. The Morgan fingerprint density at radius 2 is 1.78 bits per heavy atom. The fourth-order valence-electron chi connectivity index (χ4n) is 2.23. The summed E-state index contributed by atoms with van der Waals surface area (Å²) in [7, 11) is 0. The van der Waals surface area contributed by atoms with Crippen LogP contribution in [0.25, 0.3) is 0 Å². The normalized spacial score (nSPS) is 16.8. The monoisotopic (exact) mass is 248 g/mol. The molecule has 18 heavy (non-hydrogen) atoms. The van der Waals surface area contributed by atoms with Crippen molar-refractivity contribution in [3.05, 3.63) is 11.8 Å². The molecule has 0 radical (unpaired) electrons. The highest BCUT2D eigenvalue weighted by Crippen LogP contribution is 2.20. The lowest BCUT2D eigenvalue weighted by Gasteiger charge is -2.29. The van der Waals surface area contributed by atoms with Crippen molar-refractivity contribution in [2.45, 2.75) is 52.5 Å². The van der Waals surface area contributed by atoms with Crippen molar-refractivity contribution in [2.75, 3.05) is 23.3 Å². The minimum absolute atomic E-state index is 0.00698. The average molecular weight is 248 g/mol. The molecule has 2 heterocycles. The fourth-order valence-corrected chi connectivity index (χ4v) is 2.23. The van der Waals surface area contributed by atoms with Crippen LogP contribution in [0.4, 0.5) is 11.8 Å². The summed E-state index contributed by atoms with van der Waals surface area (Å²) >= 11 is 0. The van der Waals surface area contributed by atoms with Gasteiger partial charge in [-0.2, -0.15) is 4.98 Å². The SMILES string of the molecule is Cc1cc(N2CCCCC2)nc(NC(C)(C)C)n1. The summed E-state index contributed by atoms with van der Waals surface area (Å²) in [6, 6.07) is 2.08. The summed E-state index contributed by atoms with van der Waals surface area (Å²) in [6.07, 6.45) is 3.88. The first-order valence-corrected chi connectivity index (χ1v) is 6.83. The molecule has 1 saturated heterocycles. The lowest BCUT2D eigenvalue weighted by Crippen LogP contribution is -2.32. The van der Waals surface area contributed by atoms with Crippen LogP contribution in [0.5, 0.6) is 0 Å². The predicted molar refractivity (Wildman–Crippen MR) is 76.2 cm³/mol. The number of aromatic nitrogens is 2. The maximum absolute atomic E-state index is 4.65. The molecule has 0 bridgehead atoms. The number of nitrogens with zero attached hydrogens (tertiary/aromatic N) is 3. The molecule has 0 spiro atoms. The van der Waals surface area contributed by atoms with Gasteiger partial charge in [0.2, 0.25) is 5.95 Å². The Hall–Kier alpha value is -1.32. The third kappa shape index (κ3) is 3.59. The van der Waals surface area contributed by atoms with Crippen LogP contribution in [0.2, 0.25) is 0 Å². The standard InChI is InChI=1S/C14H24N4/c1-11-10-12(18-8-6-5-7-9-18)16-13(15-11)17-14(2,3)4/h10H,5-9H2,1-4H3,(H,15,16,17). The van der Waals surface area contributed by atoms with E-state index in [-0.39, 0.29) is 5.54 Å². The first-order valence-electron chi connectivity index (χ1n) is 6.83. The van der Waals surface area contributed by atoms with Gasteiger partial charge >= 0.3 is 0 Å². The summed E-state index contributed by atoms with van der Waals surface area (Å²) in [5.74, 6) is 1.80. The molecule has 4 heteroatoms. The van der Waals surface area contributed by atoms with Gasteiger partial charge in [0, 0.05) is 30.4 Å². The van der Waals surface area contributed by atoms with Gasteiger partial charge in [0.1, 0.15) is 5.82 Å². The zero-order valence-electron chi connectivity index (χ0n) is 12.0. The van der Waals surface area contributed by atoms with E-state index in [1.807, 2.05) is 6.92 Å². The molecule has 1 aromatic heterocycles. The van der Waals surface area contributed by atoms with E-state index >= 15 is 0 Å². The molecule has 1 fully saturated rings. The second-order valence-corrected chi connectivity index (χ2v) is 6.11. The van der Waals surface area contributed by atoms with Crippen molar-refractivity contribution < 1.29 is 0 Å². The number of anilines is 2. The van der Waals surface area contributed by atoms with Crippen LogP contribution in [-0.2, 0) is 0 Å². The Morgan fingerprint density at radius 3 is 2.39 bits per heavy atom. The van der Waals surface area contributed by atoms with Gasteiger partial charge in [-0.25, -0.2) is 4.98 Å². The van der Waals surface area contributed by atoms with Crippen molar-refractivity contribution in [3.8, 4) is 0 Å². The zero-order valence-corrected chi connectivity index (χ0v) is 12.0. The fraction of sp³-hybridized carbons (Fsp3) is 0.714. The number of hydrogen-bond acceptors (Lipinski definition) is 4. The van der Waals surface area contributed by atoms with Crippen LogP contribution in [0.15, 0.2) is 6.07 Å². The molecule has 0 saturated carbocycles. The maximum atomic E-state index is 4.65. The van der Waals surface area contributed by atoms with Gasteiger partial charge in [0.15, 0.2) is 0 Å². The van der Waals surface area contributed by atoms with Crippen LogP contribution in [0.3, 0.4) is 0 Å². The first-order chi connectivity index (χ1) is 8.44. The third-order valence-electron chi connectivity index (χ3n) is 3.01. The van der Waals surface area contributed by atoms with Gasteiger partial charge in [0.25, 0.3) is 0 Å². The predicted octanol–water partition coefficient (Wildman–Crippen LogP) is 2.99. The maximum Gasteiger partial charge on any atom is 0.225 e. The lowest BCUT2D eigenvalue weighted by atomic mass is 10.1. The van der Waals surface area contributed by atoms with Crippen LogP contribution in [0.1, 0.15) is 45.7 Å². The van der Waals surface area contributed by atoms with Crippen molar-refractivity contribution in [2.24, 2.45) is 0 Å². The van der Waals surface area contributed by atoms with Crippen LogP contribution in [-0.4, -0.2) is 28.6 Å². The van der Waals surface area contributed by atoms with Crippen molar-refractivity contribution in [1.82, 2.24) is 9.97 Å². The molecule has 0 atom stereocenters. The van der Waals surface area contributed by atoms with Gasteiger partial charge in [-0.1, -0.05) is 0 Å². The number of hydrogen-bond donors (Lipinski definition) is 1. The number of aryl methyl sites for hydroxylation is 1. The van der Waals surface area contributed by atoms with Gasteiger partial charge < -0.3 is 10.2 Å². The highest BCUT2D eigenvalue weighted by atomic mass is 15.2. The van der Waals surface area contributed by atoms with Gasteiger partial charge in [-0.3, -0.25) is 0 Å². The highest BCUT2D eigenvalue weighted by Gasteiger charge is 2.16. The van der Waals surface area contributed by atoms with Crippen LogP contribution < -0.4 is 10.2 Å². The van der Waals surface area contributed by atoms with E-state index in [0.717, 1.165) is 30.5 Å². The molecular formula is C14H24N4. The molecule has 0 amide bonds. The summed E-state index contributed by atoms with van der Waals surface area (Å²) in [4.78, 5) is 11.5. The molecule has 1 aliphatic heterocycles. The van der Waals surface area contributed by atoms with E-state index in [9.17, 15) is 0 Å². The smallest absolute Gasteiger partial charge is 0.225 e.